The smallest absolute Gasteiger partial charge is 0.255 e. The fourth-order valence-electron chi connectivity index (χ4n) is 11.1. The van der Waals surface area contributed by atoms with Gasteiger partial charge in [0.05, 0.1) is 28.1 Å². The Hall–Kier alpha value is -6.14. The molecule has 0 bridgehead atoms. The van der Waals surface area contributed by atoms with E-state index in [-0.39, 0.29) is 41.7 Å². The summed E-state index contributed by atoms with van der Waals surface area (Å²) >= 11 is 0. The maximum absolute atomic E-state index is 13.8. The first kappa shape index (κ1) is 38.1. The van der Waals surface area contributed by atoms with Gasteiger partial charge in [-0.25, -0.2) is 9.97 Å². The molecule has 4 fully saturated rings. The molecule has 3 saturated heterocycles. The summed E-state index contributed by atoms with van der Waals surface area (Å²) in [5.74, 6) is 0.869. The van der Waals surface area contributed by atoms with Crippen LogP contribution in [-0.4, -0.2) is 112 Å². The van der Waals surface area contributed by atoms with Crippen LogP contribution in [0.4, 0.5) is 11.6 Å². The number of carbonyl (C=O) groups excluding carboxylic acids is 4. The molecule has 0 radical (unpaired) electrons. The molecular weight excluding hydrogens is 761 g/mol. The van der Waals surface area contributed by atoms with Crippen molar-refractivity contribution in [3.63, 3.8) is 0 Å². The maximum atomic E-state index is 13.8. The predicted octanol–water partition coefficient (Wildman–Crippen LogP) is 3.55. The lowest BCUT2D eigenvalue weighted by Gasteiger charge is -2.66. The quantitative estimate of drug-likeness (QED) is 0.260. The molecule has 4 aromatic rings. The molecule has 6 aliphatic rings. The molecule has 308 valence electrons. The number of benzene rings is 2. The fraction of sp³-hybridized carbons (Fsp3) is 0.467. The van der Waals surface area contributed by atoms with Crippen LogP contribution < -0.4 is 25.2 Å². The average molecular weight is 809 g/mol. The Morgan fingerprint density at radius 1 is 0.950 bits per heavy atom. The topological polar surface area (TPSA) is 177 Å². The molecule has 10 rings (SSSR count). The lowest BCUT2D eigenvalue weighted by molar-refractivity contribution is -0.136. The number of fused-ring (bicyclic) bond motifs is 3. The van der Waals surface area contributed by atoms with Gasteiger partial charge in [0.15, 0.2) is 0 Å². The minimum absolute atomic E-state index is 0.147. The summed E-state index contributed by atoms with van der Waals surface area (Å²) in [6.45, 7) is 13.2. The van der Waals surface area contributed by atoms with Crippen molar-refractivity contribution in [2.24, 2.45) is 11.3 Å². The van der Waals surface area contributed by atoms with Gasteiger partial charge in [-0.3, -0.25) is 34.4 Å². The number of ether oxygens (including phenoxy) is 1. The van der Waals surface area contributed by atoms with Crippen molar-refractivity contribution in [1.82, 2.24) is 35.4 Å². The van der Waals surface area contributed by atoms with Gasteiger partial charge >= 0.3 is 0 Å². The molecule has 2 N–H and O–H groups in total. The summed E-state index contributed by atoms with van der Waals surface area (Å²) < 4.78 is 6.57. The number of pyridine rings is 1. The van der Waals surface area contributed by atoms with Gasteiger partial charge in [-0.1, -0.05) is 13.8 Å². The number of rotatable bonds is 7. The van der Waals surface area contributed by atoms with Gasteiger partial charge in [0.2, 0.25) is 17.8 Å². The second kappa shape index (κ2) is 14.3. The lowest BCUT2D eigenvalue weighted by Crippen LogP contribution is -2.78. The third kappa shape index (κ3) is 6.05. The first-order chi connectivity index (χ1) is 28.9. The molecule has 5 aliphatic heterocycles. The minimum Gasteiger partial charge on any atom is -0.488 e. The highest BCUT2D eigenvalue weighted by molar-refractivity contribution is 6.05. The number of amides is 4. The Kier molecular flexibility index (Phi) is 9.05. The Balaban J connectivity index is 0.713. The van der Waals surface area contributed by atoms with E-state index < -0.39 is 17.4 Å². The number of piperazine rings is 1. The SMILES string of the molecule is CC1(C)C(NC(=O)c2cnc(N3CCC(CN4CCN(c5ccc6c(c5)CN([C@H]5CCC(=O)NC5=O)C6=O)CC4)CC3)nc2)C2(C)c3ccnc4c(C#N)ccc(c34)O[C@@H]12. The molecule has 2 unspecified atom stereocenters. The molecular formula is C45H48N10O5. The highest BCUT2D eigenvalue weighted by Crippen LogP contribution is 2.61. The van der Waals surface area contributed by atoms with Crippen LogP contribution in [-0.2, 0) is 21.5 Å². The zero-order valence-electron chi connectivity index (χ0n) is 34.1. The van der Waals surface area contributed by atoms with Gasteiger partial charge in [-0.15, -0.1) is 0 Å². The second-order valence-corrected chi connectivity index (χ2v) is 18.0. The fourth-order valence-corrected chi connectivity index (χ4v) is 11.1. The largest absolute Gasteiger partial charge is 0.488 e. The standard InChI is InChI=1S/C45H48N10O5/c1-44(2)41(45(3)32-10-13-47-37-27(21-46)4-8-34(36(32)37)60-42(44)45)51-38(57)29-22-48-43(49-23-29)54-14-11-26(12-15-54)24-52-16-18-53(19-17-52)30-5-6-31-28(20-30)25-55(40(31)59)33-7-9-35(56)50-39(33)58/h4-6,8,10,13,20,22-23,26,33,41-42H,7,9,11-12,14-19,24-25H2,1-3H3,(H,51,57)(H,50,56,58)/t33-,41?,42-,45?/m0/s1. The van der Waals surface area contributed by atoms with Gasteiger partial charge in [0.1, 0.15) is 24.0 Å². The summed E-state index contributed by atoms with van der Waals surface area (Å²) in [5, 5.41) is 16.2. The summed E-state index contributed by atoms with van der Waals surface area (Å²) in [6.07, 6.45) is 7.48. The number of piperidine rings is 2. The van der Waals surface area contributed by atoms with Crippen molar-refractivity contribution in [2.45, 2.75) is 76.6 Å². The summed E-state index contributed by atoms with van der Waals surface area (Å²) in [6, 6.07) is 13.0. The molecule has 7 heterocycles. The van der Waals surface area contributed by atoms with Crippen LogP contribution in [0.3, 0.4) is 0 Å². The normalized spacial score (nSPS) is 26.1. The predicted molar refractivity (Wildman–Crippen MR) is 221 cm³/mol. The Bertz CT molecular complexity index is 2490. The number of imide groups is 1. The number of carbonyl (C=O) groups is 4. The highest BCUT2D eigenvalue weighted by atomic mass is 16.5. The van der Waals surface area contributed by atoms with Crippen LogP contribution in [0, 0.1) is 22.7 Å². The van der Waals surface area contributed by atoms with Crippen molar-refractivity contribution >= 4 is 46.2 Å². The van der Waals surface area contributed by atoms with Crippen molar-refractivity contribution in [2.75, 3.05) is 55.6 Å². The van der Waals surface area contributed by atoms with E-state index in [9.17, 15) is 24.4 Å². The first-order valence-corrected chi connectivity index (χ1v) is 21.1. The van der Waals surface area contributed by atoms with Gasteiger partial charge in [-0.2, -0.15) is 5.26 Å². The molecule has 2 aromatic heterocycles. The van der Waals surface area contributed by atoms with Crippen LogP contribution >= 0.6 is 0 Å². The van der Waals surface area contributed by atoms with Crippen LogP contribution in [0.25, 0.3) is 10.9 Å². The number of anilines is 2. The van der Waals surface area contributed by atoms with E-state index >= 15 is 0 Å². The van der Waals surface area contributed by atoms with Gasteiger partial charge in [0.25, 0.3) is 11.8 Å². The van der Waals surface area contributed by atoms with Crippen LogP contribution in [0.1, 0.15) is 83.9 Å². The third-order valence-electron chi connectivity index (χ3n) is 14.2. The summed E-state index contributed by atoms with van der Waals surface area (Å²) in [4.78, 5) is 73.6. The van der Waals surface area contributed by atoms with E-state index in [1.165, 1.54) is 0 Å². The number of hydrogen-bond donors (Lipinski definition) is 2. The molecule has 60 heavy (non-hydrogen) atoms. The summed E-state index contributed by atoms with van der Waals surface area (Å²) in [5.41, 5.74) is 4.29. The number of nitrogens with zero attached hydrogens (tertiary/aromatic N) is 8. The zero-order chi connectivity index (χ0) is 41.5. The van der Waals surface area contributed by atoms with Crippen molar-refractivity contribution in [3.8, 4) is 11.8 Å². The molecule has 1 saturated carbocycles. The van der Waals surface area contributed by atoms with Crippen LogP contribution in [0.15, 0.2) is 55.0 Å². The first-order valence-electron chi connectivity index (χ1n) is 21.1. The number of hydrogen-bond acceptors (Lipinski definition) is 12. The zero-order valence-corrected chi connectivity index (χ0v) is 34.1. The molecule has 4 atom stereocenters. The number of nitriles is 1. The third-order valence-corrected chi connectivity index (χ3v) is 14.2. The molecule has 15 nitrogen and oxygen atoms in total. The van der Waals surface area contributed by atoms with Gasteiger partial charge in [0, 0.05) is 99.4 Å². The van der Waals surface area contributed by atoms with Crippen LogP contribution in [0.5, 0.6) is 5.75 Å². The van der Waals surface area contributed by atoms with Crippen molar-refractivity contribution in [1.29, 1.82) is 5.26 Å². The number of aromatic nitrogens is 3. The van der Waals surface area contributed by atoms with E-state index in [1.807, 2.05) is 24.3 Å². The second-order valence-electron chi connectivity index (χ2n) is 18.0. The van der Waals surface area contributed by atoms with Gasteiger partial charge in [-0.05, 0) is 79.6 Å². The summed E-state index contributed by atoms with van der Waals surface area (Å²) in [7, 11) is 0. The van der Waals surface area contributed by atoms with Crippen LogP contribution in [0.2, 0.25) is 0 Å². The highest BCUT2D eigenvalue weighted by Gasteiger charge is 2.69. The van der Waals surface area contributed by atoms with E-state index in [4.69, 9.17) is 4.74 Å². The van der Waals surface area contributed by atoms with Crippen molar-refractivity contribution < 1.29 is 23.9 Å². The Morgan fingerprint density at radius 2 is 1.72 bits per heavy atom. The number of nitrogens with one attached hydrogen (secondary N) is 2. The van der Waals surface area contributed by atoms with E-state index in [0.29, 0.717) is 47.0 Å². The Morgan fingerprint density at radius 3 is 2.45 bits per heavy atom. The van der Waals surface area contributed by atoms with E-state index in [1.54, 1.807) is 29.6 Å². The monoisotopic (exact) mass is 808 g/mol. The maximum Gasteiger partial charge on any atom is 0.255 e. The van der Waals surface area contributed by atoms with Gasteiger partial charge < -0.3 is 24.8 Å². The lowest BCUT2D eigenvalue weighted by atomic mass is 9.45. The van der Waals surface area contributed by atoms with E-state index in [0.717, 1.165) is 86.6 Å². The molecule has 15 heteroatoms. The molecule has 4 amide bonds. The minimum atomic E-state index is -0.610. The Labute approximate surface area is 348 Å². The average Bonchev–Trinajstić information content (AvgIpc) is 3.59. The van der Waals surface area contributed by atoms with Crippen molar-refractivity contribution in [3.05, 3.63) is 82.8 Å². The molecule has 2 aromatic carbocycles. The molecule has 1 aliphatic carbocycles. The van der Waals surface area contributed by atoms with E-state index in [2.05, 4.69) is 73.2 Å². The molecule has 0 spiro atoms.